The number of carbonyl (C=O) groups excluding carboxylic acids is 2. The highest BCUT2D eigenvalue weighted by atomic mass is 35.5. The molecule has 1 saturated heterocycles. The summed E-state index contributed by atoms with van der Waals surface area (Å²) in [4.78, 5) is 26.9. The molecule has 0 spiro atoms. The van der Waals surface area contributed by atoms with Crippen LogP contribution in [0.4, 0.5) is 0 Å². The standard InChI is InChI=1S/C19H29N3O2.ClH/c1-13-8-14(2)10-16(9-13)18(24)22-7-5-6-15(11-22)17(23)21-12-19(3,4)20;/h8-10,15H,5-7,11-12,20H2,1-4H3,(H,21,23);1H. The Balaban J connectivity index is 0.00000312. The molecule has 6 heteroatoms. The molecule has 1 aliphatic rings. The minimum Gasteiger partial charge on any atom is -0.354 e. The average molecular weight is 368 g/mol. The quantitative estimate of drug-likeness (QED) is 0.858. The second-order valence-corrected chi connectivity index (χ2v) is 7.67. The van der Waals surface area contributed by atoms with Gasteiger partial charge in [0.25, 0.3) is 5.91 Å². The van der Waals surface area contributed by atoms with Gasteiger partial charge in [0.05, 0.1) is 5.92 Å². The number of rotatable bonds is 4. The lowest BCUT2D eigenvalue weighted by Gasteiger charge is -2.33. The molecule has 0 aliphatic carbocycles. The van der Waals surface area contributed by atoms with Gasteiger partial charge in [-0.3, -0.25) is 9.59 Å². The second kappa shape index (κ2) is 8.68. The van der Waals surface area contributed by atoms with Crippen LogP contribution < -0.4 is 11.1 Å². The second-order valence-electron chi connectivity index (χ2n) is 7.67. The normalized spacial score (nSPS) is 17.6. The minimum atomic E-state index is -0.432. The van der Waals surface area contributed by atoms with E-state index < -0.39 is 5.54 Å². The van der Waals surface area contributed by atoms with Crippen molar-refractivity contribution in [2.45, 2.75) is 46.1 Å². The molecular formula is C19H30ClN3O2. The molecule has 2 amide bonds. The van der Waals surface area contributed by atoms with Crippen LogP contribution in [0.3, 0.4) is 0 Å². The van der Waals surface area contributed by atoms with E-state index in [0.29, 0.717) is 25.2 Å². The molecule has 2 rings (SSSR count). The van der Waals surface area contributed by atoms with Crippen LogP contribution in [-0.2, 0) is 4.79 Å². The molecular weight excluding hydrogens is 338 g/mol. The van der Waals surface area contributed by atoms with E-state index in [0.717, 1.165) is 24.0 Å². The van der Waals surface area contributed by atoms with Crippen LogP contribution in [0.1, 0.15) is 48.2 Å². The van der Waals surface area contributed by atoms with E-state index in [9.17, 15) is 9.59 Å². The highest BCUT2D eigenvalue weighted by Crippen LogP contribution is 2.20. The zero-order chi connectivity index (χ0) is 17.9. The fraction of sp³-hybridized carbons (Fsp3) is 0.579. The van der Waals surface area contributed by atoms with Gasteiger partial charge in [0.2, 0.25) is 5.91 Å². The van der Waals surface area contributed by atoms with Gasteiger partial charge in [-0.1, -0.05) is 17.2 Å². The number of hydrogen-bond acceptors (Lipinski definition) is 3. The predicted octanol–water partition coefficient (Wildman–Crippen LogP) is 2.43. The number of nitrogens with zero attached hydrogens (tertiary/aromatic N) is 1. The van der Waals surface area contributed by atoms with Crippen molar-refractivity contribution in [1.82, 2.24) is 10.2 Å². The number of amides is 2. The lowest BCUT2D eigenvalue weighted by atomic mass is 9.95. The maximum Gasteiger partial charge on any atom is 0.253 e. The summed E-state index contributed by atoms with van der Waals surface area (Å²) in [7, 11) is 0. The van der Waals surface area contributed by atoms with Gasteiger partial charge in [-0.2, -0.15) is 0 Å². The summed E-state index contributed by atoms with van der Waals surface area (Å²) in [5.74, 6) is -0.152. The van der Waals surface area contributed by atoms with Crippen LogP contribution >= 0.6 is 12.4 Å². The summed E-state index contributed by atoms with van der Waals surface area (Å²) in [6.07, 6.45) is 1.66. The smallest absolute Gasteiger partial charge is 0.253 e. The molecule has 1 fully saturated rings. The van der Waals surface area contributed by atoms with E-state index in [4.69, 9.17) is 5.73 Å². The first-order valence-electron chi connectivity index (χ1n) is 8.60. The molecule has 1 heterocycles. The summed E-state index contributed by atoms with van der Waals surface area (Å²) in [6.45, 7) is 9.36. The Hall–Kier alpha value is -1.59. The molecule has 0 bridgehead atoms. The van der Waals surface area contributed by atoms with Crippen LogP contribution in [0.2, 0.25) is 0 Å². The number of nitrogens with two attached hydrogens (primary N) is 1. The topological polar surface area (TPSA) is 75.4 Å². The average Bonchev–Trinajstić information content (AvgIpc) is 2.50. The first-order chi connectivity index (χ1) is 11.2. The van der Waals surface area contributed by atoms with Gasteiger partial charge in [0.15, 0.2) is 0 Å². The number of nitrogens with one attached hydrogen (secondary N) is 1. The van der Waals surface area contributed by atoms with E-state index in [1.807, 2.05) is 39.8 Å². The lowest BCUT2D eigenvalue weighted by molar-refractivity contribution is -0.126. The number of benzene rings is 1. The molecule has 140 valence electrons. The van der Waals surface area contributed by atoms with Crippen molar-refractivity contribution in [1.29, 1.82) is 0 Å². The Kier molecular flexibility index (Phi) is 7.44. The first-order valence-corrected chi connectivity index (χ1v) is 8.60. The zero-order valence-corrected chi connectivity index (χ0v) is 16.4. The maximum absolute atomic E-state index is 12.8. The summed E-state index contributed by atoms with van der Waals surface area (Å²) >= 11 is 0. The van der Waals surface area contributed by atoms with E-state index in [-0.39, 0.29) is 30.1 Å². The van der Waals surface area contributed by atoms with Crippen LogP contribution in [0, 0.1) is 19.8 Å². The van der Waals surface area contributed by atoms with Gasteiger partial charge in [-0.15, -0.1) is 12.4 Å². The molecule has 3 N–H and O–H groups in total. The predicted molar refractivity (Wildman–Crippen MR) is 103 cm³/mol. The van der Waals surface area contributed by atoms with Gasteiger partial charge >= 0.3 is 0 Å². The Morgan fingerprint density at radius 3 is 2.40 bits per heavy atom. The van der Waals surface area contributed by atoms with Crippen molar-refractivity contribution in [2.75, 3.05) is 19.6 Å². The van der Waals surface area contributed by atoms with Crippen LogP contribution in [0.5, 0.6) is 0 Å². The van der Waals surface area contributed by atoms with E-state index in [1.54, 1.807) is 4.90 Å². The van der Waals surface area contributed by atoms with Crippen LogP contribution in [0.15, 0.2) is 18.2 Å². The van der Waals surface area contributed by atoms with Crippen molar-refractivity contribution in [3.8, 4) is 0 Å². The molecule has 25 heavy (non-hydrogen) atoms. The van der Waals surface area contributed by atoms with Gasteiger partial charge < -0.3 is 16.0 Å². The van der Waals surface area contributed by atoms with Gasteiger partial charge in [-0.25, -0.2) is 0 Å². The highest BCUT2D eigenvalue weighted by Gasteiger charge is 2.29. The van der Waals surface area contributed by atoms with Crippen molar-refractivity contribution < 1.29 is 9.59 Å². The van der Waals surface area contributed by atoms with Gasteiger partial charge in [0, 0.05) is 30.7 Å². The summed E-state index contributed by atoms with van der Waals surface area (Å²) in [6, 6.07) is 5.88. The van der Waals surface area contributed by atoms with Crippen molar-refractivity contribution in [2.24, 2.45) is 11.7 Å². The number of piperidine rings is 1. The zero-order valence-electron chi connectivity index (χ0n) is 15.6. The summed E-state index contributed by atoms with van der Waals surface area (Å²) in [5.41, 5.74) is 8.34. The Morgan fingerprint density at radius 2 is 1.84 bits per heavy atom. The van der Waals surface area contributed by atoms with Crippen molar-refractivity contribution >= 4 is 24.2 Å². The van der Waals surface area contributed by atoms with E-state index in [2.05, 4.69) is 11.4 Å². The molecule has 1 atom stereocenters. The third kappa shape index (κ3) is 6.33. The monoisotopic (exact) mass is 367 g/mol. The molecule has 0 radical (unpaired) electrons. The van der Waals surface area contributed by atoms with E-state index >= 15 is 0 Å². The van der Waals surface area contributed by atoms with Gasteiger partial charge in [0.1, 0.15) is 0 Å². The molecule has 1 aromatic carbocycles. The highest BCUT2D eigenvalue weighted by molar-refractivity contribution is 5.95. The fourth-order valence-electron chi connectivity index (χ4n) is 3.12. The van der Waals surface area contributed by atoms with Crippen molar-refractivity contribution in [3.63, 3.8) is 0 Å². The van der Waals surface area contributed by atoms with Crippen LogP contribution in [0.25, 0.3) is 0 Å². The Morgan fingerprint density at radius 1 is 1.24 bits per heavy atom. The summed E-state index contributed by atoms with van der Waals surface area (Å²) < 4.78 is 0. The molecule has 0 saturated carbocycles. The van der Waals surface area contributed by atoms with Crippen LogP contribution in [-0.4, -0.2) is 41.9 Å². The Bertz CT molecular complexity index is 605. The minimum absolute atomic E-state index is 0. The number of likely N-dealkylation sites (tertiary alicyclic amines) is 1. The SMILES string of the molecule is Cc1cc(C)cc(C(=O)N2CCCC(C(=O)NCC(C)(C)N)C2)c1.Cl. The van der Waals surface area contributed by atoms with Crippen molar-refractivity contribution in [3.05, 3.63) is 34.9 Å². The lowest BCUT2D eigenvalue weighted by Crippen LogP contribution is -2.50. The molecule has 1 aromatic rings. The number of aryl methyl sites for hydroxylation is 2. The maximum atomic E-state index is 12.8. The van der Waals surface area contributed by atoms with E-state index in [1.165, 1.54) is 0 Å². The number of halogens is 1. The molecule has 5 nitrogen and oxygen atoms in total. The number of carbonyl (C=O) groups is 2. The Labute approximate surface area is 156 Å². The third-order valence-electron chi connectivity index (χ3n) is 4.27. The van der Waals surface area contributed by atoms with Gasteiger partial charge in [-0.05, 0) is 52.7 Å². The fourth-order valence-corrected chi connectivity index (χ4v) is 3.12. The largest absolute Gasteiger partial charge is 0.354 e. The molecule has 0 aromatic heterocycles. The third-order valence-corrected chi connectivity index (χ3v) is 4.27. The number of hydrogen-bond donors (Lipinski definition) is 2. The first kappa shape index (κ1) is 21.5. The molecule has 1 unspecified atom stereocenters. The summed E-state index contributed by atoms with van der Waals surface area (Å²) in [5, 5.41) is 2.91. The molecule has 1 aliphatic heterocycles.